The summed E-state index contributed by atoms with van der Waals surface area (Å²) < 4.78 is 0. The fraction of sp³-hybridized carbons (Fsp3) is 0.929. The van der Waals surface area contributed by atoms with Gasteiger partial charge in [-0.3, -0.25) is 9.69 Å². The Bertz CT molecular complexity index is 321. The summed E-state index contributed by atoms with van der Waals surface area (Å²) in [6.07, 6.45) is 2.14. The molecular formula is C14H27N3O. The lowest BCUT2D eigenvalue weighted by molar-refractivity contribution is -0.124. The van der Waals surface area contributed by atoms with Gasteiger partial charge in [0, 0.05) is 24.7 Å². The second-order valence-corrected chi connectivity index (χ2v) is 6.97. The first-order chi connectivity index (χ1) is 8.32. The molecule has 2 fully saturated rings. The molecule has 4 nitrogen and oxygen atoms in total. The minimum atomic E-state index is 0.124. The van der Waals surface area contributed by atoms with E-state index in [9.17, 15) is 4.79 Å². The normalized spacial score (nSPS) is 32.8. The zero-order chi connectivity index (χ0) is 13.5. The number of rotatable bonds is 2. The molecule has 0 aromatic rings. The largest absolute Gasteiger partial charge is 0.354 e. The molecule has 0 bridgehead atoms. The molecule has 2 aliphatic rings. The molecule has 0 aliphatic carbocycles. The summed E-state index contributed by atoms with van der Waals surface area (Å²) in [6.45, 7) is 10.7. The van der Waals surface area contributed by atoms with E-state index in [1.807, 2.05) is 0 Å². The summed E-state index contributed by atoms with van der Waals surface area (Å²) in [4.78, 5) is 14.3. The maximum atomic E-state index is 11.8. The number of hydrogen-bond acceptors (Lipinski definition) is 3. The van der Waals surface area contributed by atoms with Crippen molar-refractivity contribution < 1.29 is 4.79 Å². The van der Waals surface area contributed by atoms with Gasteiger partial charge in [0.05, 0.1) is 5.92 Å². The third-order valence-corrected chi connectivity index (χ3v) is 4.39. The molecule has 2 heterocycles. The summed E-state index contributed by atoms with van der Waals surface area (Å²) in [6, 6.07) is 0.805. The predicted molar refractivity (Wildman–Crippen MR) is 73.1 cm³/mol. The second kappa shape index (κ2) is 4.82. The van der Waals surface area contributed by atoms with Crippen molar-refractivity contribution >= 4 is 5.91 Å². The minimum Gasteiger partial charge on any atom is -0.354 e. The molecule has 0 saturated carbocycles. The van der Waals surface area contributed by atoms with Crippen LogP contribution in [0.3, 0.4) is 0 Å². The summed E-state index contributed by atoms with van der Waals surface area (Å²) in [5, 5.41) is 3.02. The Labute approximate surface area is 110 Å². The third-order valence-electron chi connectivity index (χ3n) is 4.39. The number of fused-ring (bicyclic) bond motifs is 1. The summed E-state index contributed by atoms with van der Waals surface area (Å²) in [5.41, 5.74) is 6.36. The monoisotopic (exact) mass is 253 g/mol. The first-order valence-electron chi connectivity index (χ1n) is 7.11. The van der Waals surface area contributed by atoms with Crippen LogP contribution in [0.15, 0.2) is 0 Å². The zero-order valence-corrected chi connectivity index (χ0v) is 12.1. The van der Waals surface area contributed by atoms with E-state index >= 15 is 0 Å². The fourth-order valence-electron chi connectivity index (χ4n) is 3.92. The SMILES string of the molecule is CC(N)C(N1CCCC2C(=O)NCC21)C(C)(C)C. The van der Waals surface area contributed by atoms with Crippen molar-refractivity contribution in [2.75, 3.05) is 13.1 Å². The lowest BCUT2D eigenvalue weighted by Gasteiger charge is -2.48. The summed E-state index contributed by atoms with van der Waals surface area (Å²) in [7, 11) is 0. The Morgan fingerprint density at radius 2 is 2.11 bits per heavy atom. The van der Waals surface area contributed by atoms with Crippen molar-refractivity contribution in [3.8, 4) is 0 Å². The van der Waals surface area contributed by atoms with Gasteiger partial charge in [-0.1, -0.05) is 20.8 Å². The molecule has 4 unspecified atom stereocenters. The Hall–Kier alpha value is -0.610. The summed E-state index contributed by atoms with van der Waals surface area (Å²) in [5.74, 6) is 0.421. The highest BCUT2D eigenvalue weighted by Crippen LogP contribution is 2.35. The van der Waals surface area contributed by atoms with Gasteiger partial charge < -0.3 is 11.1 Å². The van der Waals surface area contributed by atoms with Crippen molar-refractivity contribution in [2.45, 2.75) is 58.7 Å². The van der Waals surface area contributed by atoms with Crippen LogP contribution in [-0.2, 0) is 4.79 Å². The Morgan fingerprint density at radius 3 is 2.67 bits per heavy atom. The molecule has 3 N–H and O–H groups in total. The van der Waals surface area contributed by atoms with Crippen molar-refractivity contribution in [1.29, 1.82) is 0 Å². The van der Waals surface area contributed by atoms with Crippen LogP contribution in [0.4, 0.5) is 0 Å². The highest BCUT2D eigenvalue weighted by atomic mass is 16.2. The average molecular weight is 253 g/mol. The fourth-order valence-corrected chi connectivity index (χ4v) is 3.92. The smallest absolute Gasteiger partial charge is 0.224 e. The first kappa shape index (κ1) is 13.8. The second-order valence-electron chi connectivity index (χ2n) is 6.97. The van der Waals surface area contributed by atoms with Crippen LogP contribution in [0.1, 0.15) is 40.5 Å². The molecule has 2 saturated heterocycles. The van der Waals surface area contributed by atoms with Gasteiger partial charge in [-0.15, -0.1) is 0 Å². The van der Waals surface area contributed by atoms with Crippen LogP contribution >= 0.6 is 0 Å². The number of carbonyl (C=O) groups is 1. The maximum Gasteiger partial charge on any atom is 0.224 e. The maximum absolute atomic E-state index is 11.8. The van der Waals surface area contributed by atoms with E-state index in [2.05, 4.69) is 37.9 Å². The molecule has 4 heteroatoms. The number of piperidine rings is 1. The lowest BCUT2D eigenvalue weighted by atomic mass is 9.78. The van der Waals surface area contributed by atoms with Gasteiger partial charge in [0.1, 0.15) is 0 Å². The van der Waals surface area contributed by atoms with E-state index in [-0.39, 0.29) is 23.3 Å². The van der Waals surface area contributed by atoms with Crippen LogP contribution in [0.25, 0.3) is 0 Å². The van der Waals surface area contributed by atoms with Gasteiger partial charge in [0.2, 0.25) is 5.91 Å². The number of likely N-dealkylation sites (tertiary alicyclic amines) is 1. The lowest BCUT2D eigenvalue weighted by Crippen LogP contribution is -2.60. The van der Waals surface area contributed by atoms with E-state index in [0.29, 0.717) is 12.1 Å². The van der Waals surface area contributed by atoms with Crippen LogP contribution in [0.2, 0.25) is 0 Å². The number of hydrogen-bond donors (Lipinski definition) is 2. The molecule has 104 valence electrons. The highest BCUT2D eigenvalue weighted by Gasteiger charge is 2.46. The Balaban J connectivity index is 2.22. The van der Waals surface area contributed by atoms with Crippen molar-refractivity contribution in [3.63, 3.8) is 0 Å². The molecule has 0 spiro atoms. The molecule has 2 rings (SSSR count). The predicted octanol–water partition coefficient (Wildman–Crippen LogP) is 0.959. The van der Waals surface area contributed by atoms with Gasteiger partial charge >= 0.3 is 0 Å². The topological polar surface area (TPSA) is 58.4 Å². The average Bonchev–Trinajstić information content (AvgIpc) is 2.59. The quantitative estimate of drug-likeness (QED) is 0.770. The van der Waals surface area contributed by atoms with E-state index in [4.69, 9.17) is 5.73 Å². The minimum absolute atomic E-state index is 0.124. The molecular weight excluding hydrogens is 226 g/mol. The molecule has 0 radical (unpaired) electrons. The molecule has 0 aromatic carbocycles. The molecule has 1 amide bonds. The zero-order valence-electron chi connectivity index (χ0n) is 12.1. The Morgan fingerprint density at radius 1 is 1.44 bits per heavy atom. The number of carbonyl (C=O) groups excluding carboxylic acids is 1. The van der Waals surface area contributed by atoms with E-state index in [0.717, 1.165) is 25.9 Å². The standard InChI is InChI=1S/C14H27N3O/c1-9(15)12(14(2,3)4)17-7-5-6-10-11(17)8-16-13(10)18/h9-12H,5-8,15H2,1-4H3,(H,16,18). The number of nitrogens with two attached hydrogens (primary N) is 1. The molecule has 18 heavy (non-hydrogen) atoms. The van der Waals surface area contributed by atoms with Gasteiger partial charge in [0.25, 0.3) is 0 Å². The van der Waals surface area contributed by atoms with Gasteiger partial charge in [-0.25, -0.2) is 0 Å². The van der Waals surface area contributed by atoms with Crippen LogP contribution < -0.4 is 11.1 Å². The molecule has 0 aromatic heterocycles. The van der Waals surface area contributed by atoms with E-state index in [1.165, 1.54) is 0 Å². The van der Waals surface area contributed by atoms with Crippen molar-refractivity contribution in [2.24, 2.45) is 17.1 Å². The van der Waals surface area contributed by atoms with Crippen LogP contribution in [0.5, 0.6) is 0 Å². The van der Waals surface area contributed by atoms with Gasteiger partial charge in [-0.2, -0.15) is 0 Å². The number of amides is 1. The number of nitrogens with one attached hydrogen (secondary N) is 1. The first-order valence-corrected chi connectivity index (χ1v) is 7.11. The molecule has 2 aliphatic heterocycles. The Kier molecular flexibility index (Phi) is 3.70. The van der Waals surface area contributed by atoms with Crippen molar-refractivity contribution in [1.82, 2.24) is 10.2 Å². The van der Waals surface area contributed by atoms with Gasteiger partial charge in [0.15, 0.2) is 0 Å². The third kappa shape index (κ3) is 2.41. The highest BCUT2D eigenvalue weighted by molar-refractivity contribution is 5.82. The molecule has 4 atom stereocenters. The van der Waals surface area contributed by atoms with Crippen LogP contribution in [0, 0.1) is 11.3 Å². The van der Waals surface area contributed by atoms with Crippen molar-refractivity contribution in [3.05, 3.63) is 0 Å². The number of nitrogens with zero attached hydrogens (tertiary/aromatic N) is 1. The van der Waals surface area contributed by atoms with Gasteiger partial charge in [-0.05, 0) is 31.7 Å². The van der Waals surface area contributed by atoms with E-state index < -0.39 is 0 Å². The summed E-state index contributed by atoms with van der Waals surface area (Å²) >= 11 is 0. The van der Waals surface area contributed by atoms with Crippen LogP contribution in [-0.4, -0.2) is 42.0 Å². The van der Waals surface area contributed by atoms with E-state index in [1.54, 1.807) is 0 Å².